The van der Waals surface area contributed by atoms with Crippen molar-refractivity contribution < 1.29 is 28.0 Å². The molecule has 4 aliphatic carbocycles. The molecule has 8 heteroatoms. The Kier molecular flexibility index (Phi) is 7.47. The summed E-state index contributed by atoms with van der Waals surface area (Å²) >= 11 is 0. The molecule has 196 valence electrons. The minimum atomic E-state index is -4.06. The van der Waals surface area contributed by atoms with E-state index in [1.165, 1.54) is 6.42 Å². The second kappa shape index (κ2) is 9.64. The van der Waals surface area contributed by atoms with Crippen molar-refractivity contribution in [3.8, 4) is 0 Å². The second-order valence-corrected chi connectivity index (χ2v) is 14.2. The van der Waals surface area contributed by atoms with Crippen LogP contribution in [0.1, 0.15) is 85.0 Å². The third kappa shape index (κ3) is 4.94. The zero-order valence-electron chi connectivity index (χ0n) is 21.1. The first kappa shape index (κ1) is 26.4. The lowest BCUT2D eigenvalue weighted by atomic mass is 9.43. The molecule has 34 heavy (non-hydrogen) atoms. The van der Waals surface area contributed by atoms with Crippen molar-refractivity contribution in [3.05, 3.63) is 0 Å². The molecule has 0 aliphatic heterocycles. The molecule has 10 atom stereocenters. The van der Waals surface area contributed by atoms with Gasteiger partial charge in [-0.2, -0.15) is 8.42 Å². The Morgan fingerprint density at radius 1 is 1.03 bits per heavy atom. The van der Waals surface area contributed by atoms with E-state index in [0.717, 1.165) is 51.4 Å². The normalized spacial score (nSPS) is 45.1. The van der Waals surface area contributed by atoms with Crippen LogP contribution in [0.25, 0.3) is 0 Å². The van der Waals surface area contributed by atoms with Crippen LogP contribution in [-0.4, -0.2) is 53.6 Å². The predicted molar refractivity (Wildman–Crippen MR) is 130 cm³/mol. The van der Waals surface area contributed by atoms with Gasteiger partial charge in [-0.3, -0.25) is 9.35 Å². The van der Waals surface area contributed by atoms with Gasteiger partial charge >= 0.3 is 0 Å². The van der Waals surface area contributed by atoms with Gasteiger partial charge in [0, 0.05) is 13.0 Å². The molecule has 0 spiro atoms. The van der Waals surface area contributed by atoms with Gasteiger partial charge in [0.05, 0.1) is 18.0 Å². The lowest BCUT2D eigenvalue weighted by Gasteiger charge is -2.62. The number of nitrogens with one attached hydrogen (secondary N) is 1. The van der Waals surface area contributed by atoms with E-state index in [2.05, 4.69) is 26.1 Å². The van der Waals surface area contributed by atoms with Crippen LogP contribution in [0.15, 0.2) is 0 Å². The number of hydrogen-bond acceptors (Lipinski definition) is 5. The molecular formula is C26H45NO6S. The number of amides is 1. The molecule has 0 heterocycles. The fraction of sp³-hybridized carbons (Fsp3) is 0.962. The Balaban J connectivity index is 1.39. The third-order valence-corrected chi connectivity index (χ3v) is 11.6. The number of rotatable bonds is 7. The summed E-state index contributed by atoms with van der Waals surface area (Å²) in [5.74, 6) is 2.10. The lowest BCUT2D eigenvalue weighted by Crippen LogP contribution is -2.58. The van der Waals surface area contributed by atoms with Gasteiger partial charge in [0.2, 0.25) is 5.91 Å². The average molecular weight is 500 g/mol. The Hall–Kier alpha value is -0.700. The van der Waals surface area contributed by atoms with Crippen LogP contribution in [0.5, 0.6) is 0 Å². The van der Waals surface area contributed by atoms with Crippen molar-refractivity contribution in [1.29, 1.82) is 0 Å². The maximum atomic E-state index is 12.2. The van der Waals surface area contributed by atoms with Gasteiger partial charge in [-0.05, 0) is 104 Å². The van der Waals surface area contributed by atoms with Crippen LogP contribution < -0.4 is 5.32 Å². The highest BCUT2D eigenvalue weighted by Crippen LogP contribution is 2.68. The van der Waals surface area contributed by atoms with E-state index in [9.17, 15) is 23.4 Å². The largest absolute Gasteiger partial charge is 0.393 e. The summed E-state index contributed by atoms with van der Waals surface area (Å²) < 4.78 is 30.5. The number of fused-ring (bicyclic) bond motifs is 5. The predicted octanol–water partition coefficient (Wildman–Crippen LogP) is 3.40. The molecule has 4 rings (SSSR count). The van der Waals surface area contributed by atoms with Crippen molar-refractivity contribution >= 4 is 16.0 Å². The number of carbonyl (C=O) groups excluding carboxylic acids is 1. The summed E-state index contributed by atoms with van der Waals surface area (Å²) in [5, 5.41) is 24.2. The summed E-state index contributed by atoms with van der Waals surface area (Å²) in [7, 11) is -4.06. The first-order chi connectivity index (χ1) is 15.8. The molecule has 7 nitrogen and oxygen atoms in total. The summed E-state index contributed by atoms with van der Waals surface area (Å²) in [6.45, 7) is 7.05. The van der Waals surface area contributed by atoms with E-state index in [4.69, 9.17) is 4.55 Å². The number of aliphatic hydroxyl groups is 2. The molecule has 0 aromatic heterocycles. The van der Waals surface area contributed by atoms with E-state index in [-0.39, 0.29) is 35.5 Å². The van der Waals surface area contributed by atoms with E-state index in [1.54, 1.807) is 0 Å². The molecule has 0 bridgehead atoms. The van der Waals surface area contributed by atoms with Crippen LogP contribution in [-0.2, 0) is 14.9 Å². The van der Waals surface area contributed by atoms with E-state index in [0.29, 0.717) is 41.9 Å². The van der Waals surface area contributed by atoms with Gasteiger partial charge in [0.25, 0.3) is 10.1 Å². The van der Waals surface area contributed by atoms with Gasteiger partial charge in [-0.15, -0.1) is 0 Å². The minimum absolute atomic E-state index is 0.0625. The first-order valence-electron chi connectivity index (χ1n) is 13.4. The van der Waals surface area contributed by atoms with Crippen LogP contribution in [0, 0.1) is 46.3 Å². The number of hydrogen-bond donors (Lipinski definition) is 4. The van der Waals surface area contributed by atoms with Crippen LogP contribution >= 0.6 is 0 Å². The zero-order valence-corrected chi connectivity index (χ0v) is 21.9. The molecule has 1 amide bonds. The maximum Gasteiger partial charge on any atom is 0.266 e. The summed E-state index contributed by atoms with van der Waals surface area (Å²) in [5.41, 5.74) is 0.411. The standard InChI is InChI=1S/C26H45NO6S/c1-16(4-7-23(30)27-12-13-34(31,32)33)19-5-6-20-24-21(9-11-26(19,20)3)25(2)10-8-18(28)14-17(25)15-22(24)29/h16-22,24,28-29H,4-15H2,1-3H3,(H,27,30)(H,31,32,33)/t16-,17+,18-,19-,20?,21?,22-,24?,25+,26-/m1/s1. The molecule has 0 radical (unpaired) electrons. The first-order valence-corrected chi connectivity index (χ1v) is 15.0. The lowest BCUT2D eigenvalue weighted by molar-refractivity contribution is -0.174. The van der Waals surface area contributed by atoms with Crippen LogP contribution in [0.3, 0.4) is 0 Å². The highest BCUT2D eigenvalue weighted by atomic mass is 32.2. The van der Waals surface area contributed by atoms with E-state index in [1.807, 2.05) is 0 Å². The van der Waals surface area contributed by atoms with Crippen LogP contribution in [0.2, 0.25) is 0 Å². The molecule has 3 unspecified atom stereocenters. The third-order valence-electron chi connectivity index (χ3n) is 10.9. The van der Waals surface area contributed by atoms with Gasteiger partial charge in [0.15, 0.2) is 0 Å². The molecule has 0 aromatic carbocycles. The van der Waals surface area contributed by atoms with Gasteiger partial charge < -0.3 is 15.5 Å². The Bertz CT molecular complexity index is 863. The molecule has 4 saturated carbocycles. The summed E-state index contributed by atoms with van der Waals surface area (Å²) in [6, 6.07) is 0. The van der Waals surface area contributed by atoms with Gasteiger partial charge in [-0.1, -0.05) is 20.8 Å². The van der Waals surface area contributed by atoms with Crippen molar-refractivity contribution in [3.63, 3.8) is 0 Å². The average Bonchev–Trinajstić information content (AvgIpc) is 3.09. The Morgan fingerprint density at radius 2 is 1.71 bits per heavy atom. The molecule has 4 fully saturated rings. The summed E-state index contributed by atoms with van der Waals surface area (Å²) in [4.78, 5) is 12.2. The number of aliphatic hydroxyl groups excluding tert-OH is 2. The zero-order chi connectivity index (χ0) is 24.9. The fourth-order valence-electron chi connectivity index (χ4n) is 9.14. The highest BCUT2D eigenvalue weighted by Gasteiger charge is 2.62. The maximum absolute atomic E-state index is 12.2. The molecule has 4 aliphatic rings. The van der Waals surface area contributed by atoms with Gasteiger partial charge in [-0.25, -0.2) is 0 Å². The van der Waals surface area contributed by atoms with Crippen molar-refractivity contribution in [2.24, 2.45) is 46.3 Å². The fourth-order valence-corrected chi connectivity index (χ4v) is 9.50. The monoisotopic (exact) mass is 499 g/mol. The minimum Gasteiger partial charge on any atom is -0.393 e. The quantitative estimate of drug-likeness (QED) is 0.398. The van der Waals surface area contributed by atoms with Crippen LogP contribution in [0.4, 0.5) is 0 Å². The number of carbonyl (C=O) groups is 1. The Morgan fingerprint density at radius 3 is 2.41 bits per heavy atom. The van der Waals surface area contributed by atoms with Gasteiger partial charge in [0.1, 0.15) is 0 Å². The molecule has 0 saturated heterocycles. The topological polar surface area (TPSA) is 124 Å². The highest BCUT2D eigenvalue weighted by molar-refractivity contribution is 7.85. The SMILES string of the molecule is C[C@H](CCC(=O)NCCS(=O)(=O)O)[C@H]1CCC2C3C(CC[C@@]21C)[C@@]1(C)CC[C@@H](O)C[C@H]1C[C@H]3O. The Labute approximate surface area is 205 Å². The van der Waals surface area contributed by atoms with Crippen molar-refractivity contribution in [2.45, 2.75) is 97.2 Å². The molecule has 0 aromatic rings. The van der Waals surface area contributed by atoms with E-state index >= 15 is 0 Å². The second-order valence-electron chi connectivity index (χ2n) is 12.6. The smallest absolute Gasteiger partial charge is 0.266 e. The molecular weight excluding hydrogens is 454 g/mol. The van der Waals surface area contributed by atoms with Crippen molar-refractivity contribution in [2.75, 3.05) is 12.3 Å². The summed E-state index contributed by atoms with van der Waals surface area (Å²) in [6.07, 6.45) is 8.87. The van der Waals surface area contributed by atoms with E-state index < -0.39 is 15.9 Å². The molecule has 4 N–H and O–H groups in total. The van der Waals surface area contributed by atoms with Crippen molar-refractivity contribution in [1.82, 2.24) is 5.32 Å².